The molecule has 136 valence electrons. The predicted molar refractivity (Wildman–Crippen MR) is 109 cm³/mol. The maximum atomic E-state index is 8.32. The quantitative estimate of drug-likeness (QED) is 0.618. The molecule has 0 radical (unpaired) electrons. The van der Waals surface area contributed by atoms with Gasteiger partial charge in [0.1, 0.15) is 0 Å². The first-order valence-corrected chi connectivity index (χ1v) is 10.2. The highest BCUT2D eigenvalue weighted by Crippen LogP contribution is 2.23. The summed E-state index contributed by atoms with van der Waals surface area (Å²) in [6.45, 7) is 4.99. The molecule has 1 saturated heterocycles. The van der Waals surface area contributed by atoms with E-state index < -0.39 is 0 Å². The highest BCUT2D eigenvalue weighted by atomic mass is 32.1. The monoisotopic (exact) mass is 367 g/mol. The number of aromatic nitrogens is 1. The largest absolute Gasteiger partial charge is 0.379 e. The molecule has 1 aromatic carbocycles. The van der Waals surface area contributed by atoms with Crippen molar-refractivity contribution in [3.63, 3.8) is 0 Å². The molecule has 26 heavy (non-hydrogen) atoms. The van der Waals surface area contributed by atoms with Gasteiger partial charge in [-0.1, -0.05) is 12.1 Å². The summed E-state index contributed by atoms with van der Waals surface area (Å²) in [6.07, 6.45) is 5.10. The maximum absolute atomic E-state index is 8.32. The van der Waals surface area contributed by atoms with Crippen molar-refractivity contribution in [2.24, 2.45) is 0 Å². The van der Waals surface area contributed by atoms with E-state index >= 15 is 0 Å². The Bertz CT molecular complexity index is 863. The number of thiophene rings is 1. The number of hydrogen-bond acceptors (Lipinski definition) is 4. The van der Waals surface area contributed by atoms with Gasteiger partial charge in [-0.2, -0.15) is 0 Å². The van der Waals surface area contributed by atoms with E-state index in [4.69, 9.17) is 10.1 Å². The molecule has 0 spiro atoms. The SMILES string of the molecule is N=C(Cc1ccc2[nH]cc(CCCN3CCOCC3)c2c1)c1cccs1. The number of rotatable bonds is 7. The zero-order valence-corrected chi connectivity index (χ0v) is 15.8. The number of nitrogens with one attached hydrogen (secondary N) is 2. The van der Waals surface area contributed by atoms with Crippen LogP contribution in [-0.4, -0.2) is 48.4 Å². The fourth-order valence-electron chi connectivity index (χ4n) is 3.60. The zero-order chi connectivity index (χ0) is 17.8. The van der Waals surface area contributed by atoms with Crippen molar-refractivity contribution in [2.75, 3.05) is 32.8 Å². The molecule has 0 aliphatic carbocycles. The molecule has 0 amide bonds. The fourth-order valence-corrected chi connectivity index (χ4v) is 4.28. The Hall–Kier alpha value is -1.95. The van der Waals surface area contributed by atoms with Gasteiger partial charge in [0.15, 0.2) is 0 Å². The molecule has 4 rings (SSSR count). The van der Waals surface area contributed by atoms with Crippen LogP contribution in [-0.2, 0) is 17.6 Å². The molecule has 1 fully saturated rings. The standard InChI is InChI=1S/C21H25N3OS/c22-19(21-4-2-12-26-21)14-16-5-6-20-18(13-16)17(15-23-20)3-1-7-24-8-10-25-11-9-24/h2,4-6,12-13,15,22-23H,1,3,7-11,14H2. The topological polar surface area (TPSA) is 52.1 Å². The number of ether oxygens (including phenoxy) is 1. The van der Waals surface area contributed by atoms with Crippen molar-refractivity contribution in [1.82, 2.24) is 9.88 Å². The van der Waals surface area contributed by atoms with Gasteiger partial charge in [0.05, 0.1) is 18.9 Å². The van der Waals surface area contributed by atoms with E-state index in [0.29, 0.717) is 12.1 Å². The van der Waals surface area contributed by atoms with Crippen molar-refractivity contribution < 1.29 is 4.74 Å². The average molecular weight is 368 g/mol. The van der Waals surface area contributed by atoms with Gasteiger partial charge in [0, 0.05) is 41.5 Å². The Labute approximate surface area is 158 Å². The van der Waals surface area contributed by atoms with Crippen LogP contribution in [0, 0.1) is 5.41 Å². The fraction of sp³-hybridized carbons (Fsp3) is 0.381. The van der Waals surface area contributed by atoms with Crippen LogP contribution in [0.5, 0.6) is 0 Å². The van der Waals surface area contributed by atoms with E-state index in [1.165, 1.54) is 28.5 Å². The minimum absolute atomic E-state index is 0.689. The van der Waals surface area contributed by atoms with Crippen LogP contribution in [0.1, 0.15) is 22.4 Å². The summed E-state index contributed by atoms with van der Waals surface area (Å²) < 4.78 is 5.42. The minimum Gasteiger partial charge on any atom is -0.379 e. The lowest BCUT2D eigenvalue weighted by Crippen LogP contribution is -2.36. The molecule has 2 aromatic heterocycles. The van der Waals surface area contributed by atoms with Gasteiger partial charge in [-0.15, -0.1) is 11.3 Å². The van der Waals surface area contributed by atoms with E-state index in [9.17, 15) is 0 Å². The second kappa shape index (κ2) is 8.16. The third-order valence-corrected chi connectivity index (χ3v) is 5.99. The number of benzene rings is 1. The van der Waals surface area contributed by atoms with Gasteiger partial charge >= 0.3 is 0 Å². The molecule has 0 atom stereocenters. The number of morpholine rings is 1. The van der Waals surface area contributed by atoms with Gasteiger partial charge in [-0.25, -0.2) is 0 Å². The van der Waals surface area contributed by atoms with Crippen molar-refractivity contribution in [2.45, 2.75) is 19.3 Å². The van der Waals surface area contributed by atoms with Crippen molar-refractivity contribution in [3.05, 3.63) is 57.9 Å². The van der Waals surface area contributed by atoms with Crippen LogP contribution in [0.4, 0.5) is 0 Å². The number of aromatic amines is 1. The first kappa shape index (κ1) is 17.5. The van der Waals surface area contributed by atoms with Crippen molar-refractivity contribution >= 4 is 28.0 Å². The summed E-state index contributed by atoms with van der Waals surface area (Å²) >= 11 is 1.64. The van der Waals surface area contributed by atoms with Crippen LogP contribution < -0.4 is 0 Å². The Morgan fingerprint density at radius 2 is 2.12 bits per heavy atom. The lowest BCUT2D eigenvalue weighted by molar-refractivity contribution is 0.0375. The van der Waals surface area contributed by atoms with Gasteiger partial charge in [0.2, 0.25) is 0 Å². The van der Waals surface area contributed by atoms with E-state index in [1.54, 1.807) is 11.3 Å². The highest BCUT2D eigenvalue weighted by molar-refractivity contribution is 7.12. The molecule has 0 unspecified atom stereocenters. The minimum atomic E-state index is 0.689. The normalized spacial score (nSPS) is 15.5. The van der Waals surface area contributed by atoms with E-state index in [-0.39, 0.29) is 0 Å². The Balaban J connectivity index is 1.41. The summed E-state index contributed by atoms with van der Waals surface area (Å²) in [5.41, 5.74) is 4.49. The van der Waals surface area contributed by atoms with Crippen LogP contribution in [0.3, 0.4) is 0 Å². The third kappa shape index (κ3) is 4.06. The lowest BCUT2D eigenvalue weighted by Gasteiger charge is -2.26. The van der Waals surface area contributed by atoms with Crippen LogP contribution in [0.2, 0.25) is 0 Å². The van der Waals surface area contributed by atoms with Gasteiger partial charge < -0.3 is 15.1 Å². The molecule has 1 aliphatic rings. The first-order valence-electron chi connectivity index (χ1n) is 9.30. The molecule has 0 saturated carbocycles. The molecule has 3 heterocycles. The van der Waals surface area contributed by atoms with Crippen molar-refractivity contribution in [1.29, 1.82) is 5.41 Å². The van der Waals surface area contributed by atoms with Gasteiger partial charge in [-0.05, 0) is 54.1 Å². The number of fused-ring (bicyclic) bond motifs is 1. The summed E-state index contributed by atoms with van der Waals surface area (Å²) in [5.74, 6) is 0. The van der Waals surface area contributed by atoms with Crippen LogP contribution >= 0.6 is 11.3 Å². The molecule has 0 bridgehead atoms. The summed E-state index contributed by atoms with van der Waals surface area (Å²) in [6, 6.07) is 10.6. The lowest BCUT2D eigenvalue weighted by atomic mass is 10.0. The molecule has 3 aromatic rings. The van der Waals surface area contributed by atoms with Crippen molar-refractivity contribution in [3.8, 4) is 0 Å². The van der Waals surface area contributed by atoms with Gasteiger partial charge in [-0.3, -0.25) is 4.90 Å². The predicted octanol–water partition coefficient (Wildman–Crippen LogP) is 4.10. The Morgan fingerprint density at radius 1 is 1.23 bits per heavy atom. The summed E-state index contributed by atoms with van der Waals surface area (Å²) in [5, 5.41) is 11.7. The zero-order valence-electron chi connectivity index (χ0n) is 15.0. The molecular weight excluding hydrogens is 342 g/mol. The smallest absolute Gasteiger partial charge is 0.0594 e. The van der Waals surface area contributed by atoms with E-state index in [1.807, 2.05) is 17.5 Å². The number of hydrogen-bond donors (Lipinski definition) is 2. The molecule has 5 heteroatoms. The molecule has 1 aliphatic heterocycles. The molecular formula is C21H25N3OS. The Morgan fingerprint density at radius 3 is 2.92 bits per heavy atom. The first-order chi connectivity index (χ1) is 12.8. The number of nitrogens with zero attached hydrogens (tertiary/aromatic N) is 1. The number of H-pyrrole nitrogens is 1. The maximum Gasteiger partial charge on any atom is 0.0594 e. The summed E-state index contributed by atoms with van der Waals surface area (Å²) in [7, 11) is 0. The summed E-state index contributed by atoms with van der Waals surface area (Å²) in [4.78, 5) is 6.95. The second-order valence-electron chi connectivity index (χ2n) is 6.88. The molecule has 2 N–H and O–H groups in total. The average Bonchev–Trinajstić information content (AvgIpc) is 3.33. The Kier molecular flexibility index (Phi) is 5.48. The van der Waals surface area contributed by atoms with Crippen LogP contribution in [0.25, 0.3) is 10.9 Å². The highest BCUT2D eigenvalue weighted by Gasteiger charge is 2.11. The molecule has 4 nitrogen and oxygen atoms in total. The third-order valence-electron chi connectivity index (χ3n) is 5.06. The number of aryl methyl sites for hydroxylation is 1. The van der Waals surface area contributed by atoms with E-state index in [0.717, 1.165) is 44.1 Å². The van der Waals surface area contributed by atoms with Crippen LogP contribution in [0.15, 0.2) is 41.9 Å². The van der Waals surface area contributed by atoms with E-state index in [2.05, 4.69) is 34.3 Å². The second-order valence-corrected chi connectivity index (χ2v) is 7.83. The van der Waals surface area contributed by atoms with Gasteiger partial charge in [0.25, 0.3) is 0 Å².